The number of hydrogen-bond acceptors (Lipinski definition) is 2. The van der Waals surface area contributed by atoms with E-state index >= 15 is 0 Å². The fraction of sp³-hybridized carbons (Fsp3) is 0.500. The fourth-order valence-electron chi connectivity index (χ4n) is 1.62. The lowest BCUT2D eigenvalue weighted by Gasteiger charge is -2.11. The smallest absolute Gasteiger partial charge is 0.137 e. The molecule has 2 nitrogen and oxygen atoms in total. The summed E-state index contributed by atoms with van der Waals surface area (Å²) in [6, 6.07) is 3.87. The van der Waals surface area contributed by atoms with Crippen molar-refractivity contribution < 1.29 is 4.74 Å². The molecule has 1 heterocycles. The van der Waals surface area contributed by atoms with Gasteiger partial charge >= 0.3 is 0 Å². The minimum Gasteiger partial charge on any atom is -0.489 e. The predicted octanol–water partition coefficient (Wildman–Crippen LogP) is 2.40. The molecule has 2 rings (SSSR count). The van der Waals surface area contributed by atoms with Gasteiger partial charge in [-0.05, 0) is 37.8 Å². The van der Waals surface area contributed by atoms with E-state index in [2.05, 4.69) is 4.98 Å². The number of pyridine rings is 1. The average Bonchev–Trinajstić information content (AvgIpc) is 2.59. The van der Waals surface area contributed by atoms with Crippen LogP contribution in [0, 0.1) is 0 Å². The highest BCUT2D eigenvalue weighted by Gasteiger charge is 2.15. The van der Waals surface area contributed by atoms with E-state index in [1.807, 2.05) is 12.1 Å². The van der Waals surface area contributed by atoms with Gasteiger partial charge in [0.1, 0.15) is 5.75 Å². The molecular weight excluding hydrogens is 150 g/mol. The maximum absolute atomic E-state index is 5.71. The van der Waals surface area contributed by atoms with E-state index in [1.165, 1.54) is 25.7 Å². The van der Waals surface area contributed by atoms with Crippen LogP contribution in [0.1, 0.15) is 25.7 Å². The monoisotopic (exact) mass is 163 g/mol. The Bertz CT molecular complexity index is 229. The Morgan fingerprint density at radius 2 is 2.17 bits per heavy atom. The molecule has 0 aromatic carbocycles. The highest BCUT2D eigenvalue weighted by Crippen LogP contribution is 2.22. The molecular formula is C10H13NO. The third kappa shape index (κ3) is 1.76. The van der Waals surface area contributed by atoms with Gasteiger partial charge in [-0.15, -0.1) is 0 Å². The molecule has 0 bridgehead atoms. The van der Waals surface area contributed by atoms with Crippen LogP contribution in [0.15, 0.2) is 24.5 Å². The quantitative estimate of drug-likeness (QED) is 0.668. The van der Waals surface area contributed by atoms with Crippen LogP contribution < -0.4 is 4.74 Å². The molecule has 1 aliphatic carbocycles. The van der Waals surface area contributed by atoms with Gasteiger partial charge in [0.25, 0.3) is 0 Å². The molecule has 1 aliphatic rings. The van der Waals surface area contributed by atoms with Crippen molar-refractivity contribution >= 4 is 0 Å². The van der Waals surface area contributed by atoms with E-state index in [-0.39, 0.29) is 0 Å². The number of hydrogen-bond donors (Lipinski definition) is 0. The summed E-state index contributed by atoms with van der Waals surface area (Å²) in [6.45, 7) is 0. The maximum atomic E-state index is 5.71. The number of nitrogens with zero attached hydrogens (tertiary/aromatic N) is 1. The second-order valence-electron chi connectivity index (χ2n) is 3.21. The molecule has 0 unspecified atom stereocenters. The van der Waals surface area contributed by atoms with Gasteiger partial charge in [-0.25, -0.2) is 0 Å². The first-order valence-electron chi connectivity index (χ1n) is 4.52. The predicted molar refractivity (Wildman–Crippen MR) is 47.1 cm³/mol. The number of aromatic nitrogens is 1. The lowest BCUT2D eigenvalue weighted by molar-refractivity contribution is 0.209. The van der Waals surface area contributed by atoms with E-state index in [1.54, 1.807) is 12.4 Å². The zero-order valence-electron chi connectivity index (χ0n) is 7.07. The molecule has 1 aromatic rings. The third-order valence-corrected chi connectivity index (χ3v) is 2.24. The molecule has 1 aromatic heterocycles. The van der Waals surface area contributed by atoms with Gasteiger partial charge in [-0.3, -0.25) is 4.98 Å². The first kappa shape index (κ1) is 7.59. The van der Waals surface area contributed by atoms with Crippen molar-refractivity contribution in [2.24, 2.45) is 0 Å². The SMILES string of the molecule is c1cncc(OC2CCCC2)c1. The number of ether oxygens (including phenoxy) is 1. The van der Waals surface area contributed by atoms with E-state index in [9.17, 15) is 0 Å². The summed E-state index contributed by atoms with van der Waals surface area (Å²) in [4.78, 5) is 4.00. The number of rotatable bonds is 2. The van der Waals surface area contributed by atoms with Gasteiger partial charge in [0.05, 0.1) is 12.3 Å². The van der Waals surface area contributed by atoms with Crippen LogP contribution >= 0.6 is 0 Å². The third-order valence-electron chi connectivity index (χ3n) is 2.24. The molecule has 1 saturated carbocycles. The highest BCUT2D eigenvalue weighted by molar-refractivity contribution is 5.15. The molecule has 0 spiro atoms. The summed E-state index contributed by atoms with van der Waals surface area (Å²) < 4.78 is 5.71. The van der Waals surface area contributed by atoms with Crippen molar-refractivity contribution in [3.05, 3.63) is 24.5 Å². The fourth-order valence-corrected chi connectivity index (χ4v) is 1.62. The first-order chi connectivity index (χ1) is 5.95. The largest absolute Gasteiger partial charge is 0.489 e. The van der Waals surface area contributed by atoms with Crippen LogP contribution in [0.2, 0.25) is 0 Å². The average molecular weight is 163 g/mol. The van der Waals surface area contributed by atoms with Crippen molar-refractivity contribution in [1.82, 2.24) is 4.98 Å². The molecule has 0 aliphatic heterocycles. The Morgan fingerprint density at radius 1 is 1.33 bits per heavy atom. The molecule has 0 radical (unpaired) electrons. The maximum Gasteiger partial charge on any atom is 0.137 e. The van der Waals surface area contributed by atoms with Gasteiger partial charge in [0.2, 0.25) is 0 Å². The van der Waals surface area contributed by atoms with Crippen molar-refractivity contribution in [2.75, 3.05) is 0 Å². The second kappa shape index (κ2) is 3.57. The first-order valence-corrected chi connectivity index (χ1v) is 4.52. The summed E-state index contributed by atoms with van der Waals surface area (Å²) >= 11 is 0. The second-order valence-corrected chi connectivity index (χ2v) is 3.21. The molecule has 64 valence electrons. The standard InChI is InChI=1S/C10H13NO/c1-2-5-9(4-1)12-10-6-3-7-11-8-10/h3,6-9H,1-2,4-5H2. The Kier molecular flexibility index (Phi) is 2.26. The van der Waals surface area contributed by atoms with E-state index < -0.39 is 0 Å². The van der Waals surface area contributed by atoms with Crippen LogP contribution in [0.5, 0.6) is 5.75 Å². The molecule has 0 atom stereocenters. The van der Waals surface area contributed by atoms with Gasteiger partial charge in [0, 0.05) is 6.20 Å². The topological polar surface area (TPSA) is 22.1 Å². The molecule has 1 fully saturated rings. The van der Waals surface area contributed by atoms with Crippen LogP contribution in [0.3, 0.4) is 0 Å². The molecule has 0 N–H and O–H groups in total. The van der Waals surface area contributed by atoms with E-state index in [0.29, 0.717) is 6.10 Å². The van der Waals surface area contributed by atoms with Crippen molar-refractivity contribution in [3.8, 4) is 5.75 Å². The Morgan fingerprint density at radius 3 is 2.83 bits per heavy atom. The van der Waals surface area contributed by atoms with Crippen molar-refractivity contribution in [3.63, 3.8) is 0 Å². The summed E-state index contributed by atoms with van der Waals surface area (Å²) in [6.07, 6.45) is 9.01. The van der Waals surface area contributed by atoms with Gasteiger partial charge in [0.15, 0.2) is 0 Å². The van der Waals surface area contributed by atoms with Crippen LogP contribution in [0.25, 0.3) is 0 Å². The lowest BCUT2D eigenvalue weighted by atomic mass is 10.3. The Hall–Kier alpha value is -1.05. The van der Waals surface area contributed by atoms with Crippen LogP contribution in [-0.4, -0.2) is 11.1 Å². The van der Waals surface area contributed by atoms with Crippen LogP contribution in [-0.2, 0) is 0 Å². The van der Waals surface area contributed by atoms with Crippen molar-refractivity contribution in [1.29, 1.82) is 0 Å². The van der Waals surface area contributed by atoms with Gasteiger partial charge < -0.3 is 4.74 Å². The summed E-state index contributed by atoms with van der Waals surface area (Å²) in [7, 11) is 0. The zero-order chi connectivity index (χ0) is 8.23. The van der Waals surface area contributed by atoms with Crippen LogP contribution in [0.4, 0.5) is 0 Å². The normalized spacial score (nSPS) is 18.0. The van der Waals surface area contributed by atoms with Gasteiger partial charge in [-0.1, -0.05) is 0 Å². The molecule has 2 heteroatoms. The highest BCUT2D eigenvalue weighted by atomic mass is 16.5. The zero-order valence-corrected chi connectivity index (χ0v) is 7.07. The molecule has 0 amide bonds. The lowest BCUT2D eigenvalue weighted by Crippen LogP contribution is -2.10. The molecule has 0 saturated heterocycles. The van der Waals surface area contributed by atoms with E-state index in [4.69, 9.17) is 4.74 Å². The Labute approximate surface area is 72.6 Å². The summed E-state index contributed by atoms with van der Waals surface area (Å²) in [5.41, 5.74) is 0. The minimum absolute atomic E-state index is 0.439. The summed E-state index contributed by atoms with van der Waals surface area (Å²) in [5, 5.41) is 0. The summed E-state index contributed by atoms with van der Waals surface area (Å²) in [5.74, 6) is 0.907. The Balaban J connectivity index is 1.94. The van der Waals surface area contributed by atoms with Gasteiger partial charge in [-0.2, -0.15) is 0 Å². The minimum atomic E-state index is 0.439. The van der Waals surface area contributed by atoms with Crippen molar-refractivity contribution in [2.45, 2.75) is 31.8 Å². The molecule has 12 heavy (non-hydrogen) atoms. The van der Waals surface area contributed by atoms with E-state index in [0.717, 1.165) is 5.75 Å².